The van der Waals surface area contributed by atoms with E-state index >= 15 is 0 Å². The summed E-state index contributed by atoms with van der Waals surface area (Å²) in [6.07, 6.45) is 6.31. The van der Waals surface area contributed by atoms with Crippen molar-refractivity contribution in [2.45, 2.75) is 45.1 Å². The van der Waals surface area contributed by atoms with Crippen LogP contribution >= 0.6 is 0 Å². The van der Waals surface area contributed by atoms with E-state index in [1.54, 1.807) is 0 Å². The Kier molecular flexibility index (Phi) is 4.46. The van der Waals surface area contributed by atoms with Crippen LogP contribution in [0.5, 0.6) is 5.75 Å². The minimum Gasteiger partial charge on any atom is -0.492 e. The Balaban J connectivity index is 1.66. The molecule has 110 valence electrons. The van der Waals surface area contributed by atoms with Gasteiger partial charge in [-0.3, -0.25) is 4.90 Å². The molecule has 3 rings (SSSR count). The number of rotatable bonds is 4. The third-order valence-electron chi connectivity index (χ3n) is 4.64. The van der Waals surface area contributed by atoms with Gasteiger partial charge >= 0.3 is 0 Å². The van der Waals surface area contributed by atoms with Crippen LogP contribution in [0, 0.1) is 0 Å². The first-order valence-electron chi connectivity index (χ1n) is 8.11. The first kappa shape index (κ1) is 13.7. The van der Waals surface area contributed by atoms with Gasteiger partial charge in [0.25, 0.3) is 0 Å². The van der Waals surface area contributed by atoms with Crippen molar-refractivity contribution in [3.8, 4) is 5.75 Å². The first-order chi connectivity index (χ1) is 9.88. The number of nitrogens with zero attached hydrogens (tertiary/aromatic N) is 1. The number of benzene rings is 1. The standard InChI is InChI=1S/C17H26N2O/c1-2-19-12-4-3-7-14(19)13-20-17-10-5-9-16-15(17)8-6-11-18-16/h5,9-10,14,18H,2-4,6-8,11-13H2,1H3. The molecule has 1 saturated heterocycles. The topological polar surface area (TPSA) is 24.5 Å². The van der Waals surface area contributed by atoms with E-state index in [2.05, 4.69) is 35.3 Å². The van der Waals surface area contributed by atoms with Crippen LogP contribution < -0.4 is 10.1 Å². The molecule has 2 heterocycles. The largest absolute Gasteiger partial charge is 0.492 e. The second kappa shape index (κ2) is 6.49. The number of fused-ring (bicyclic) bond motifs is 1. The van der Waals surface area contributed by atoms with Crippen LogP contribution in [-0.4, -0.2) is 37.2 Å². The molecule has 0 amide bonds. The number of likely N-dealkylation sites (N-methyl/N-ethyl adjacent to an activating group) is 1. The number of anilines is 1. The van der Waals surface area contributed by atoms with Gasteiger partial charge in [-0.2, -0.15) is 0 Å². The summed E-state index contributed by atoms with van der Waals surface area (Å²) in [4.78, 5) is 2.57. The van der Waals surface area contributed by atoms with Crippen LogP contribution in [0.1, 0.15) is 38.2 Å². The Bertz CT molecular complexity index is 447. The summed E-state index contributed by atoms with van der Waals surface area (Å²) < 4.78 is 6.19. The highest BCUT2D eigenvalue weighted by Crippen LogP contribution is 2.31. The van der Waals surface area contributed by atoms with Crippen molar-refractivity contribution in [1.29, 1.82) is 0 Å². The average molecular weight is 274 g/mol. The summed E-state index contributed by atoms with van der Waals surface area (Å²) in [5, 5.41) is 3.47. The minimum absolute atomic E-state index is 0.598. The van der Waals surface area contributed by atoms with Crippen LogP contribution in [0.4, 0.5) is 5.69 Å². The Labute approximate surface area is 122 Å². The van der Waals surface area contributed by atoms with Gasteiger partial charge in [-0.15, -0.1) is 0 Å². The van der Waals surface area contributed by atoms with Gasteiger partial charge in [-0.1, -0.05) is 19.4 Å². The lowest BCUT2D eigenvalue weighted by molar-refractivity contribution is 0.105. The van der Waals surface area contributed by atoms with Gasteiger partial charge in [0.05, 0.1) is 0 Å². The van der Waals surface area contributed by atoms with Gasteiger partial charge in [0.1, 0.15) is 12.4 Å². The molecule has 1 atom stereocenters. The highest BCUT2D eigenvalue weighted by atomic mass is 16.5. The Morgan fingerprint density at radius 2 is 2.25 bits per heavy atom. The van der Waals surface area contributed by atoms with E-state index in [9.17, 15) is 0 Å². The zero-order valence-electron chi connectivity index (χ0n) is 12.5. The van der Waals surface area contributed by atoms with Crippen molar-refractivity contribution in [2.75, 3.05) is 31.6 Å². The van der Waals surface area contributed by atoms with E-state index in [4.69, 9.17) is 4.74 Å². The monoisotopic (exact) mass is 274 g/mol. The lowest BCUT2D eigenvalue weighted by Crippen LogP contribution is -2.42. The van der Waals surface area contributed by atoms with Crippen LogP contribution in [0.25, 0.3) is 0 Å². The number of hydrogen-bond acceptors (Lipinski definition) is 3. The third-order valence-corrected chi connectivity index (χ3v) is 4.64. The molecular formula is C17H26N2O. The zero-order chi connectivity index (χ0) is 13.8. The van der Waals surface area contributed by atoms with Gasteiger partial charge < -0.3 is 10.1 Å². The summed E-state index contributed by atoms with van der Waals surface area (Å²) >= 11 is 0. The molecule has 1 unspecified atom stereocenters. The average Bonchev–Trinajstić information content (AvgIpc) is 2.53. The van der Waals surface area contributed by atoms with Gasteiger partial charge in [0.15, 0.2) is 0 Å². The molecule has 1 N–H and O–H groups in total. The Hall–Kier alpha value is -1.22. The summed E-state index contributed by atoms with van der Waals surface area (Å²) in [6.45, 7) is 6.56. The van der Waals surface area contributed by atoms with Gasteiger partial charge in [-0.25, -0.2) is 0 Å². The molecule has 1 aromatic rings. The molecule has 0 saturated carbocycles. The quantitative estimate of drug-likeness (QED) is 0.911. The molecule has 3 nitrogen and oxygen atoms in total. The fraction of sp³-hybridized carbons (Fsp3) is 0.647. The van der Waals surface area contributed by atoms with Gasteiger partial charge in [0, 0.05) is 23.8 Å². The molecule has 0 aromatic heterocycles. The van der Waals surface area contributed by atoms with Crippen LogP contribution in [0.2, 0.25) is 0 Å². The van der Waals surface area contributed by atoms with E-state index < -0.39 is 0 Å². The smallest absolute Gasteiger partial charge is 0.124 e. The lowest BCUT2D eigenvalue weighted by Gasteiger charge is -2.34. The van der Waals surface area contributed by atoms with Crippen molar-refractivity contribution >= 4 is 5.69 Å². The minimum atomic E-state index is 0.598. The Morgan fingerprint density at radius 3 is 3.15 bits per heavy atom. The normalized spacial score (nSPS) is 22.9. The number of ether oxygens (including phenoxy) is 1. The van der Waals surface area contributed by atoms with Crippen molar-refractivity contribution in [1.82, 2.24) is 4.90 Å². The zero-order valence-corrected chi connectivity index (χ0v) is 12.5. The molecule has 2 aliphatic heterocycles. The molecule has 20 heavy (non-hydrogen) atoms. The second-order valence-electron chi connectivity index (χ2n) is 5.90. The summed E-state index contributed by atoms with van der Waals surface area (Å²) in [5.41, 5.74) is 2.64. The fourth-order valence-corrected chi connectivity index (χ4v) is 3.46. The summed E-state index contributed by atoms with van der Waals surface area (Å²) in [5.74, 6) is 1.09. The van der Waals surface area contributed by atoms with Crippen molar-refractivity contribution in [3.63, 3.8) is 0 Å². The Morgan fingerprint density at radius 1 is 1.30 bits per heavy atom. The summed E-state index contributed by atoms with van der Waals surface area (Å²) in [7, 11) is 0. The fourth-order valence-electron chi connectivity index (χ4n) is 3.46. The molecule has 0 bridgehead atoms. The van der Waals surface area contributed by atoms with Crippen LogP contribution in [-0.2, 0) is 6.42 Å². The van der Waals surface area contributed by atoms with E-state index in [0.717, 1.165) is 31.9 Å². The maximum atomic E-state index is 6.19. The van der Waals surface area contributed by atoms with E-state index in [0.29, 0.717) is 6.04 Å². The van der Waals surface area contributed by atoms with Crippen LogP contribution in [0.3, 0.4) is 0 Å². The molecule has 0 aliphatic carbocycles. The van der Waals surface area contributed by atoms with Crippen molar-refractivity contribution < 1.29 is 4.74 Å². The number of likely N-dealkylation sites (tertiary alicyclic amines) is 1. The number of piperidine rings is 1. The molecule has 0 radical (unpaired) electrons. The highest BCUT2D eigenvalue weighted by molar-refractivity contribution is 5.59. The molecule has 1 aromatic carbocycles. The SMILES string of the molecule is CCN1CCCCC1COc1cccc2c1CCCN2. The lowest BCUT2D eigenvalue weighted by atomic mass is 10.0. The number of hydrogen-bond donors (Lipinski definition) is 1. The number of nitrogens with one attached hydrogen (secondary N) is 1. The van der Waals surface area contributed by atoms with E-state index in [1.165, 1.54) is 43.5 Å². The van der Waals surface area contributed by atoms with E-state index in [-0.39, 0.29) is 0 Å². The van der Waals surface area contributed by atoms with Gasteiger partial charge in [-0.05, 0) is 50.9 Å². The van der Waals surface area contributed by atoms with Crippen LogP contribution in [0.15, 0.2) is 18.2 Å². The van der Waals surface area contributed by atoms with Gasteiger partial charge in [0.2, 0.25) is 0 Å². The van der Waals surface area contributed by atoms with E-state index in [1.807, 2.05) is 0 Å². The molecule has 3 heteroatoms. The second-order valence-corrected chi connectivity index (χ2v) is 5.90. The molecule has 2 aliphatic rings. The molecule has 0 spiro atoms. The van der Waals surface area contributed by atoms with Crippen molar-refractivity contribution in [2.24, 2.45) is 0 Å². The molecular weight excluding hydrogens is 248 g/mol. The first-order valence-corrected chi connectivity index (χ1v) is 8.11. The van der Waals surface area contributed by atoms with Crippen molar-refractivity contribution in [3.05, 3.63) is 23.8 Å². The predicted octanol–water partition coefficient (Wildman–Crippen LogP) is 3.30. The predicted molar refractivity (Wildman–Crippen MR) is 83.6 cm³/mol. The molecule has 1 fully saturated rings. The maximum Gasteiger partial charge on any atom is 0.124 e. The maximum absolute atomic E-state index is 6.19. The third kappa shape index (κ3) is 2.93. The highest BCUT2D eigenvalue weighted by Gasteiger charge is 2.22. The summed E-state index contributed by atoms with van der Waals surface area (Å²) in [6, 6.07) is 7.00.